The molecule has 0 aliphatic carbocycles. The predicted octanol–water partition coefficient (Wildman–Crippen LogP) is 3.65. The molecule has 0 bridgehead atoms. The first kappa shape index (κ1) is 16.7. The van der Waals surface area contributed by atoms with Gasteiger partial charge < -0.3 is 0 Å². The molecule has 23 heavy (non-hydrogen) atoms. The number of anilines is 1. The highest BCUT2D eigenvalue weighted by Gasteiger charge is 2.15. The lowest BCUT2D eigenvalue weighted by molar-refractivity contribution is -0.384. The summed E-state index contributed by atoms with van der Waals surface area (Å²) in [6.07, 6.45) is 0. The molecule has 0 fully saturated rings. The van der Waals surface area contributed by atoms with Gasteiger partial charge in [-0.15, -0.1) is 0 Å². The van der Waals surface area contributed by atoms with Gasteiger partial charge >= 0.3 is 0 Å². The van der Waals surface area contributed by atoms with Crippen LogP contribution in [-0.4, -0.2) is 16.7 Å². The molecule has 0 spiro atoms. The molecule has 2 aromatic rings. The Labute approximate surface area is 137 Å². The molecule has 2 rings (SSSR count). The molecular formula is C16H14N2O4S. The normalized spacial score (nSPS) is 10.2. The van der Waals surface area contributed by atoms with Crippen LogP contribution in [0.2, 0.25) is 0 Å². The van der Waals surface area contributed by atoms with Crippen LogP contribution >= 0.6 is 11.8 Å². The number of non-ortho nitro benzene ring substituents is 1. The second-order valence-electron chi connectivity index (χ2n) is 4.72. The third-order valence-electron chi connectivity index (χ3n) is 3.01. The molecule has 0 atom stereocenters. The number of hydrogen-bond donors (Lipinski definition) is 0. The number of nitrogens with zero attached hydrogens (tertiary/aromatic N) is 2. The van der Waals surface area contributed by atoms with Gasteiger partial charge in [0.25, 0.3) is 5.69 Å². The first-order chi connectivity index (χ1) is 10.9. The van der Waals surface area contributed by atoms with Crippen molar-refractivity contribution >= 4 is 35.0 Å². The Morgan fingerprint density at radius 1 is 0.913 bits per heavy atom. The van der Waals surface area contributed by atoms with Crippen molar-refractivity contribution in [3.8, 4) is 0 Å². The molecular weight excluding hydrogens is 316 g/mol. The minimum atomic E-state index is -0.443. The third kappa shape index (κ3) is 4.17. The van der Waals surface area contributed by atoms with E-state index in [-0.39, 0.29) is 17.5 Å². The van der Waals surface area contributed by atoms with E-state index in [4.69, 9.17) is 0 Å². The quantitative estimate of drug-likeness (QED) is 0.631. The molecule has 6 nitrogen and oxygen atoms in total. The molecule has 0 heterocycles. The van der Waals surface area contributed by atoms with Crippen molar-refractivity contribution in [2.45, 2.75) is 23.6 Å². The minimum absolute atomic E-state index is 0.0447. The van der Waals surface area contributed by atoms with Crippen LogP contribution in [0.25, 0.3) is 0 Å². The highest BCUT2D eigenvalue weighted by atomic mass is 32.2. The lowest BCUT2D eigenvalue weighted by Gasteiger charge is -2.17. The summed E-state index contributed by atoms with van der Waals surface area (Å²) in [6.45, 7) is 2.67. The fourth-order valence-corrected chi connectivity index (χ4v) is 2.84. The predicted molar refractivity (Wildman–Crippen MR) is 87.5 cm³/mol. The number of nitro groups is 1. The Morgan fingerprint density at radius 2 is 1.35 bits per heavy atom. The van der Waals surface area contributed by atoms with E-state index < -0.39 is 4.92 Å². The highest BCUT2D eigenvalue weighted by molar-refractivity contribution is 7.99. The number of carbonyl (C=O) groups is 2. The first-order valence-corrected chi connectivity index (χ1v) is 7.54. The van der Waals surface area contributed by atoms with E-state index in [1.54, 1.807) is 36.4 Å². The van der Waals surface area contributed by atoms with Gasteiger partial charge in [-0.3, -0.25) is 24.6 Å². The maximum atomic E-state index is 11.5. The number of hydrogen-bond acceptors (Lipinski definition) is 5. The SMILES string of the molecule is CC(=O)N(C(C)=O)c1ccc(Sc2ccc([N+](=O)[O-])cc2)cc1. The molecule has 0 saturated carbocycles. The summed E-state index contributed by atoms with van der Waals surface area (Å²) in [7, 11) is 0. The minimum Gasteiger partial charge on any atom is -0.274 e. The van der Waals surface area contributed by atoms with Crippen molar-refractivity contribution in [1.82, 2.24) is 0 Å². The largest absolute Gasteiger partial charge is 0.274 e. The van der Waals surface area contributed by atoms with Gasteiger partial charge in [0.15, 0.2) is 0 Å². The van der Waals surface area contributed by atoms with E-state index >= 15 is 0 Å². The standard InChI is InChI=1S/C16H14N2O4S/c1-11(19)17(12(2)20)13-3-7-15(8-4-13)23-16-9-5-14(6-10-16)18(21)22/h3-10H,1-2H3. The lowest BCUT2D eigenvalue weighted by atomic mass is 10.3. The number of nitro benzene ring substituents is 1. The smallest absolute Gasteiger partial charge is 0.269 e. The summed E-state index contributed by atoms with van der Waals surface area (Å²) in [4.78, 5) is 36.0. The molecule has 0 aliphatic rings. The second-order valence-corrected chi connectivity index (χ2v) is 5.87. The highest BCUT2D eigenvalue weighted by Crippen LogP contribution is 2.30. The van der Waals surface area contributed by atoms with Crippen molar-refractivity contribution in [3.63, 3.8) is 0 Å². The molecule has 0 aromatic heterocycles. The maximum absolute atomic E-state index is 11.5. The summed E-state index contributed by atoms with van der Waals surface area (Å²) < 4.78 is 0. The van der Waals surface area contributed by atoms with Gasteiger partial charge in [-0.25, -0.2) is 0 Å². The van der Waals surface area contributed by atoms with Gasteiger partial charge in [-0.2, -0.15) is 0 Å². The van der Waals surface area contributed by atoms with E-state index in [9.17, 15) is 19.7 Å². The zero-order valence-electron chi connectivity index (χ0n) is 12.6. The van der Waals surface area contributed by atoms with Crippen molar-refractivity contribution < 1.29 is 14.5 Å². The average molecular weight is 330 g/mol. The summed E-state index contributed by atoms with van der Waals surface area (Å²) in [6, 6.07) is 13.2. The van der Waals surface area contributed by atoms with Crippen LogP contribution in [0.15, 0.2) is 58.3 Å². The molecule has 2 aromatic carbocycles. The second kappa shape index (κ2) is 7.06. The zero-order chi connectivity index (χ0) is 17.0. The van der Waals surface area contributed by atoms with Crippen LogP contribution in [0, 0.1) is 10.1 Å². The van der Waals surface area contributed by atoms with Crippen molar-refractivity contribution in [1.29, 1.82) is 0 Å². The molecule has 0 aliphatic heterocycles. The zero-order valence-corrected chi connectivity index (χ0v) is 13.4. The van der Waals surface area contributed by atoms with Gasteiger partial charge in [0.2, 0.25) is 11.8 Å². The number of benzene rings is 2. The van der Waals surface area contributed by atoms with E-state index in [0.29, 0.717) is 5.69 Å². The van der Waals surface area contributed by atoms with E-state index in [2.05, 4.69) is 0 Å². The molecule has 0 N–H and O–H groups in total. The van der Waals surface area contributed by atoms with Gasteiger partial charge in [-0.05, 0) is 36.4 Å². The fraction of sp³-hybridized carbons (Fsp3) is 0.125. The maximum Gasteiger partial charge on any atom is 0.269 e. The number of imide groups is 1. The van der Waals surface area contributed by atoms with Gasteiger partial charge in [0.1, 0.15) is 0 Å². The van der Waals surface area contributed by atoms with Crippen molar-refractivity contribution in [2.24, 2.45) is 0 Å². The van der Waals surface area contributed by atoms with Gasteiger partial charge in [0, 0.05) is 35.8 Å². The van der Waals surface area contributed by atoms with Crippen LogP contribution in [-0.2, 0) is 9.59 Å². The lowest BCUT2D eigenvalue weighted by Crippen LogP contribution is -2.32. The Hall–Kier alpha value is -2.67. The molecule has 0 saturated heterocycles. The number of carbonyl (C=O) groups excluding carboxylic acids is 2. The summed E-state index contributed by atoms with van der Waals surface area (Å²) in [5.74, 6) is -0.679. The molecule has 118 valence electrons. The van der Waals surface area contributed by atoms with Crippen molar-refractivity contribution in [3.05, 3.63) is 58.6 Å². The summed E-state index contributed by atoms with van der Waals surface area (Å²) >= 11 is 1.43. The van der Waals surface area contributed by atoms with E-state index in [1.165, 1.54) is 37.7 Å². The van der Waals surface area contributed by atoms with Gasteiger partial charge in [-0.1, -0.05) is 11.8 Å². The van der Waals surface area contributed by atoms with Gasteiger partial charge in [0.05, 0.1) is 10.6 Å². The Morgan fingerprint density at radius 3 is 1.74 bits per heavy atom. The Bertz CT molecular complexity index is 728. The molecule has 0 unspecified atom stereocenters. The van der Waals surface area contributed by atoms with Crippen molar-refractivity contribution in [2.75, 3.05) is 4.90 Å². The summed E-state index contributed by atoms with van der Waals surface area (Å²) in [5.41, 5.74) is 0.557. The topological polar surface area (TPSA) is 80.5 Å². The average Bonchev–Trinajstić information content (AvgIpc) is 2.49. The first-order valence-electron chi connectivity index (χ1n) is 6.72. The fourth-order valence-electron chi connectivity index (χ4n) is 2.02. The van der Waals surface area contributed by atoms with Crippen LogP contribution < -0.4 is 4.90 Å². The number of amides is 2. The van der Waals surface area contributed by atoms with Crippen LogP contribution in [0.3, 0.4) is 0 Å². The monoisotopic (exact) mass is 330 g/mol. The van der Waals surface area contributed by atoms with Crippen LogP contribution in [0.4, 0.5) is 11.4 Å². The van der Waals surface area contributed by atoms with Crippen LogP contribution in [0.5, 0.6) is 0 Å². The van der Waals surface area contributed by atoms with E-state index in [0.717, 1.165) is 14.7 Å². The van der Waals surface area contributed by atoms with E-state index in [1.807, 2.05) is 0 Å². The molecule has 7 heteroatoms. The Kier molecular flexibility index (Phi) is 5.13. The Balaban J connectivity index is 2.15. The molecule has 0 radical (unpaired) electrons. The third-order valence-corrected chi connectivity index (χ3v) is 4.02. The van der Waals surface area contributed by atoms with Crippen LogP contribution in [0.1, 0.15) is 13.8 Å². The molecule has 2 amide bonds. The number of rotatable bonds is 4. The summed E-state index contributed by atoms with van der Waals surface area (Å²) in [5, 5.41) is 10.6.